The van der Waals surface area contributed by atoms with E-state index in [0.717, 1.165) is 23.8 Å². The lowest BCUT2D eigenvalue weighted by Crippen LogP contribution is -2.50. The van der Waals surface area contributed by atoms with Crippen LogP contribution >= 0.6 is 0 Å². The van der Waals surface area contributed by atoms with E-state index in [1.165, 1.54) is 11.0 Å². The van der Waals surface area contributed by atoms with Crippen LogP contribution in [-0.4, -0.2) is 51.6 Å². The Hall–Kier alpha value is -3.49. The van der Waals surface area contributed by atoms with Gasteiger partial charge in [0.05, 0.1) is 0 Å². The molecule has 9 heteroatoms. The molecule has 1 N–H and O–H groups in total. The molecular weight excluding hydrogens is 378 g/mol. The number of para-hydroxylation sites is 1. The van der Waals surface area contributed by atoms with Crippen molar-refractivity contribution < 1.29 is 13.6 Å². The van der Waals surface area contributed by atoms with Gasteiger partial charge < -0.3 is 19.7 Å². The zero-order valence-electron chi connectivity index (χ0n) is 15.8. The molecule has 0 bridgehead atoms. The van der Waals surface area contributed by atoms with Crippen molar-refractivity contribution in [3.05, 3.63) is 66.3 Å². The fourth-order valence-electron chi connectivity index (χ4n) is 3.26. The molecule has 4 rings (SSSR count). The molecule has 1 aromatic carbocycles. The van der Waals surface area contributed by atoms with Crippen molar-refractivity contribution >= 4 is 17.5 Å². The maximum atomic E-state index is 13.8. The van der Waals surface area contributed by atoms with E-state index in [-0.39, 0.29) is 0 Å². The van der Waals surface area contributed by atoms with Crippen molar-refractivity contribution in [3.63, 3.8) is 0 Å². The van der Waals surface area contributed by atoms with Crippen LogP contribution in [0.15, 0.2) is 48.8 Å². The normalized spacial score (nSPS) is 14.2. The lowest BCUT2D eigenvalue weighted by atomic mass is 10.3. The van der Waals surface area contributed by atoms with E-state index in [4.69, 9.17) is 0 Å². The number of benzene rings is 1. The van der Waals surface area contributed by atoms with E-state index in [0.29, 0.717) is 32.0 Å². The molecule has 0 unspecified atom stereocenters. The third-order valence-electron chi connectivity index (χ3n) is 4.77. The molecule has 0 spiro atoms. The Labute approximate surface area is 166 Å². The zero-order chi connectivity index (χ0) is 20.4. The average molecular weight is 398 g/mol. The molecule has 0 radical (unpaired) electrons. The molecule has 2 aromatic heterocycles. The van der Waals surface area contributed by atoms with Crippen molar-refractivity contribution in [2.24, 2.45) is 0 Å². The number of amides is 2. The van der Waals surface area contributed by atoms with Gasteiger partial charge in [-0.25, -0.2) is 23.5 Å². The number of nitrogens with one attached hydrogen (secondary N) is 1. The summed E-state index contributed by atoms with van der Waals surface area (Å²) in [7, 11) is 0. The van der Waals surface area contributed by atoms with Gasteiger partial charge >= 0.3 is 6.03 Å². The quantitative estimate of drug-likeness (QED) is 0.736. The molecule has 0 aliphatic carbocycles. The van der Waals surface area contributed by atoms with Gasteiger partial charge in [-0.1, -0.05) is 6.07 Å². The minimum Gasteiger partial charge on any atom is -0.353 e. The monoisotopic (exact) mass is 398 g/mol. The Kier molecular flexibility index (Phi) is 5.11. The standard InChI is InChI=1S/C20H20F2N6O/c1-14-23-17(26-7-2-3-8-26)13-18(24-14)27-9-11-28(12-10-27)20(29)25-19-15(21)5-4-6-16(19)22/h2-8,13H,9-12H2,1H3,(H,25,29). The average Bonchev–Trinajstić information content (AvgIpc) is 3.25. The van der Waals surface area contributed by atoms with Crippen molar-refractivity contribution in [1.29, 1.82) is 0 Å². The molecule has 3 aromatic rings. The summed E-state index contributed by atoms with van der Waals surface area (Å²) in [6.45, 7) is 3.75. The number of anilines is 2. The van der Waals surface area contributed by atoms with Gasteiger partial charge in [0, 0.05) is 44.6 Å². The number of halogens is 2. The third-order valence-corrected chi connectivity index (χ3v) is 4.77. The van der Waals surface area contributed by atoms with Crippen LogP contribution in [-0.2, 0) is 0 Å². The molecule has 1 aliphatic rings. The van der Waals surface area contributed by atoms with Crippen molar-refractivity contribution in [2.45, 2.75) is 6.92 Å². The molecule has 2 amide bonds. The second-order valence-corrected chi connectivity index (χ2v) is 6.72. The molecule has 1 aliphatic heterocycles. The smallest absolute Gasteiger partial charge is 0.322 e. The number of nitrogens with zero attached hydrogens (tertiary/aromatic N) is 5. The summed E-state index contributed by atoms with van der Waals surface area (Å²) in [5, 5.41) is 2.33. The first kappa shape index (κ1) is 18.9. The first-order valence-electron chi connectivity index (χ1n) is 9.25. The number of rotatable bonds is 3. The highest BCUT2D eigenvalue weighted by Crippen LogP contribution is 2.20. The first-order chi connectivity index (χ1) is 14.0. The summed E-state index contributed by atoms with van der Waals surface area (Å²) in [5.41, 5.74) is -0.428. The van der Waals surface area contributed by atoms with E-state index in [2.05, 4.69) is 20.2 Å². The van der Waals surface area contributed by atoms with Gasteiger partial charge in [-0.2, -0.15) is 0 Å². The molecule has 29 heavy (non-hydrogen) atoms. The minimum absolute atomic E-state index is 0.407. The number of carbonyl (C=O) groups is 1. The SMILES string of the molecule is Cc1nc(N2CCN(C(=O)Nc3c(F)cccc3F)CC2)cc(-n2cccc2)n1. The number of carbonyl (C=O) groups excluding carboxylic acids is 1. The largest absolute Gasteiger partial charge is 0.353 e. The van der Waals surface area contributed by atoms with Gasteiger partial charge in [0.15, 0.2) is 0 Å². The molecule has 1 saturated heterocycles. The topological polar surface area (TPSA) is 66.3 Å². The van der Waals surface area contributed by atoms with Gasteiger partial charge in [0.1, 0.15) is 34.8 Å². The Bertz CT molecular complexity index is 996. The Morgan fingerprint density at radius 3 is 2.24 bits per heavy atom. The maximum Gasteiger partial charge on any atom is 0.322 e. The summed E-state index contributed by atoms with van der Waals surface area (Å²) in [4.78, 5) is 25.0. The highest BCUT2D eigenvalue weighted by atomic mass is 19.1. The van der Waals surface area contributed by atoms with E-state index in [9.17, 15) is 13.6 Å². The fourth-order valence-corrected chi connectivity index (χ4v) is 3.26. The van der Waals surface area contributed by atoms with Crippen LogP contribution in [0, 0.1) is 18.6 Å². The van der Waals surface area contributed by atoms with Gasteiger partial charge in [0.25, 0.3) is 0 Å². The molecule has 3 heterocycles. The maximum absolute atomic E-state index is 13.8. The molecule has 0 atom stereocenters. The summed E-state index contributed by atoms with van der Waals surface area (Å²) >= 11 is 0. The first-order valence-corrected chi connectivity index (χ1v) is 9.25. The van der Waals surface area contributed by atoms with Crippen molar-refractivity contribution in [1.82, 2.24) is 19.4 Å². The van der Waals surface area contributed by atoms with E-state index >= 15 is 0 Å². The second kappa shape index (κ2) is 7.86. The lowest BCUT2D eigenvalue weighted by molar-refractivity contribution is 0.208. The van der Waals surface area contributed by atoms with Crippen LogP contribution in [0.2, 0.25) is 0 Å². The zero-order valence-corrected chi connectivity index (χ0v) is 15.8. The number of hydrogen-bond acceptors (Lipinski definition) is 4. The summed E-state index contributed by atoms with van der Waals surface area (Å²) in [6, 6.07) is 8.69. The Balaban J connectivity index is 1.43. The van der Waals surface area contributed by atoms with E-state index < -0.39 is 23.4 Å². The number of urea groups is 1. The van der Waals surface area contributed by atoms with Gasteiger partial charge in [-0.3, -0.25) is 0 Å². The summed E-state index contributed by atoms with van der Waals surface area (Å²) in [6.07, 6.45) is 3.82. The molecule has 0 saturated carbocycles. The highest BCUT2D eigenvalue weighted by Gasteiger charge is 2.24. The van der Waals surface area contributed by atoms with Crippen LogP contribution in [0.5, 0.6) is 0 Å². The predicted octanol–water partition coefficient (Wildman–Crippen LogP) is 3.21. The molecule has 1 fully saturated rings. The highest BCUT2D eigenvalue weighted by molar-refractivity contribution is 5.89. The number of aromatic nitrogens is 3. The van der Waals surface area contributed by atoms with Crippen LogP contribution in [0.3, 0.4) is 0 Å². The van der Waals surface area contributed by atoms with Crippen LogP contribution < -0.4 is 10.2 Å². The summed E-state index contributed by atoms with van der Waals surface area (Å²) < 4.78 is 29.4. The van der Waals surface area contributed by atoms with E-state index in [1.807, 2.05) is 42.1 Å². The van der Waals surface area contributed by atoms with Crippen molar-refractivity contribution in [3.8, 4) is 5.82 Å². The minimum atomic E-state index is -0.800. The molecule has 150 valence electrons. The van der Waals surface area contributed by atoms with Crippen molar-refractivity contribution in [2.75, 3.05) is 36.4 Å². The third kappa shape index (κ3) is 4.03. The Morgan fingerprint density at radius 2 is 1.59 bits per heavy atom. The number of aryl methyl sites for hydroxylation is 1. The van der Waals surface area contributed by atoms with Crippen LogP contribution in [0.25, 0.3) is 5.82 Å². The molecule has 7 nitrogen and oxygen atoms in total. The fraction of sp³-hybridized carbons (Fsp3) is 0.250. The van der Waals surface area contributed by atoms with Gasteiger partial charge in [-0.15, -0.1) is 0 Å². The van der Waals surface area contributed by atoms with Gasteiger partial charge in [0.2, 0.25) is 0 Å². The number of piperazine rings is 1. The second-order valence-electron chi connectivity index (χ2n) is 6.72. The van der Waals surface area contributed by atoms with Crippen LogP contribution in [0.1, 0.15) is 5.82 Å². The Morgan fingerprint density at radius 1 is 0.966 bits per heavy atom. The lowest BCUT2D eigenvalue weighted by Gasteiger charge is -2.35. The summed E-state index contributed by atoms with van der Waals surface area (Å²) in [5.74, 6) is 0.604. The van der Waals surface area contributed by atoms with E-state index in [1.54, 1.807) is 0 Å². The van der Waals surface area contributed by atoms with Gasteiger partial charge in [-0.05, 0) is 31.2 Å². The molecular formula is C20H20F2N6O. The predicted molar refractivity (Wildman–Crippen MR) is 105 cm³/mol. The number of hydrogen-bond donors (Lipinski definition) is 1. The van der Waals surface area contributed by atoms with Crippen LogP contribution in [0.4, 0.5) is 25.1 Å².